The van der Waals surface area contributed by atoms with Gasteiger partial charge in [0.25, 0.3) is 0 Å². The van der Waals surface area contributed by atoms with Crippen molar-refractivity contribution in [1.29, 1.82) is 0 Å². The lowest BCUT2D eigenvalue weighted by molar-refractivity contribution is 0.425. The molecule has 0 aliphatic carbocycles. The number of hydrogen-bond acceptors (Lipinski definition) is 3. The van der Waals surface area contributed by atoms with Crippen molar-refractivity contribution in [3.63, 3.8) is 0 Å². The van der Waals surface area contributed by atoms with Gasteiger partial charge in [-0.3, -0.25) is 0 Å². The first-order valence-corrected chi connectivity index (χ1v) is 5.92. The fraction of sp³-hybridized carbons (Fsp3) is 0.167. The van der Waals surface area contributed by atoms with Crippen molar-refractivity contribution in [2.75, 3.05) is 0 Å². The topological polar surface area (TPSA) is 35.0 Å². The predicted molar refractivity (Wildman–Crippen MR) is 65.6 cm³/mol. The van der Waals surface area contributed by atoms with E-state index in [2.05, 4.69) is 25.9 Å². The van der Waals surface area contributed by atoms with Gasteiger partial charge in [0.1, 0.15) is 6.33 Å². The molecule has 1 heterocycles. The summed E-state index contributed by atoms with van der Waals surface area (Å²) in [4.78, 5) is 7.98. The van der Waals surface area contributed by atoms with Crippen LogP contribution < -0.4 is 4.74 Å². The van der Waals surface area contributed by atoms with E-state index >= 15 is 0 Å². The summed E-state index contributed by atoms with van der Waals surface area (Å²) in [5, 5.41) is 0. The fourth-order valence-electron chi connectivity index (χ4n) is 1.29. The minimum atomic E-state index is -0.426. The molecule has 0 aliphatic heterocycles. The Morgan fingerprint density at radius 1 is 1.29 bits per heavy atom. The molecule has 0 amide bonds. The number of halogens is 2. The van der Waals surface area contributed by atoms with Crippen molar-refractivity contribution >= 4 is 15.9 Å². The highest BCUT2D eigenvalue weighted by molar-refractivity contribution is 9.10. The minimum absolute atomic E-state index is 0.139. The van der Waals surface area contributed by atoms with E-state index in [1.54, 1.807) is 18.2 Å². The number of aryl methyl sites for hydroxylation is 1. The number of ether oxygens (including phenoxy) is 1. The average Bonchev–Trinajstić information content (AvgIpc) is 2.34. The van der Waals surface area contributed by atoms with E-state index in [4.69, 9.17) is 4.74 Å². The first-order valence-electron chi connectivity index (χ1n) is 5.13. The Bertz CT molecular complexity index is 534. The van der Waals surface area contributed by atoms with Crippen LogP contribution in [0.1, 0.15) is 12.6 Å². The predicted octanol–water partition coefficient (Wildman–Crippen LogP) is 3.73. The molecule has 1 aromatic heterocycles. The monoisotopic (exact) mass is 296 g/mol. The number of aromatic nitrogens is 2. The van der Waals surface area contributed by atoms with Gasteiger partial charge < -0.3 is 4.74 Å². The molecule has 0 spiro atoms. The number of hydrogen-bond donors (Lipinski definition) is 0. The molecule has 0 aliphatic rings. The zero-order valence-electron chi connectivity index (χ0n) is 9.15. The second-order valence-electron chi connectivity index (χ2n) is 3.38. The quantitative estimate of drug-likeness (QED) is 0.865. The largest absolute Gasteiger partial charge is 0.436 e. The summed E-state index contributed by atoms with van der Waals surface area (Å²) >= 11 is 3.26. The third-order valence-corrected chi connectivity index (χ3v) is 2.66. The Balaban J connectivity index is 2.27. The molecule has 0 unspecified atom stereocenters. The number of rotatable bonds is 3. The highest BCUT2D eigenvalue weighted by Gasteiger charge is 2.06. The second-order valence-corrected chi connectivity index (χ2v) is 4.29. The van der Waals surface area contributed by atoms with E-state index in [0.29, 0.717) is 5.88 Å². The summed E-state index contributed by atoms with van der Waals surface area (Å²) in [5.74, 6) is 0.0545. The standard InChI is InChI=1S/C12H10BrFN2O/c1-2-9-6-12(16-7-15-9)17-11-5-8(13)3-4-10(11)14/h3-7H,2H2,1H3. The number of nitrogens with zero attached hydrogens (tertiary/aromatic N) is 2. The maximum absolute atomic E-state index is 13.4. The van der Waals surface area contributed by atoms with Gasteiger partial charge in [0, 0.05) is 16.2 Å². The summed E-state index contributed by atoms with van der Waals surface area (Å²) in [6, 6.07) is 6.20. The van der Waals surface area contributed by atoms with Gasteiger partial charge in [-0.05, 0) is 24.6 Å². The Labute approximate surface area is 107 Å². The summed E-state index contributed by atoms with van der Waals surface area (Å²) < 4.78 is 19.6. The van der Waals surface area contributed by atoms with Crippen molar-refractivity contribution in [2.24, 2.45) is 0 Å². The first kappa shape index (κ1) is 12.0. The van der Waals surface area contributed by atoms with Crippen LogP contribution in [0.3, 0.4) is 0 Å². The maximum atomic E-state index is 13.4. The zero-order chi connectivity index (χ0) is 12.3. The van der Waals surface area contributed by atoms with Crippen molar-refractivity contribution in [3.8, 4) is 11.6 Å². The molecular weight excluding hydrogens is 287 g/mol. The lowest BCUT2D eigenvalue weighted by Gasteiger charge is -2.06. The molecule has 0 radical (unpaired) electrons. The maximum Gasteiger partial charge on any atom is 0.222 e. The highest BCUT2D eigenvalue weighted by Crippen LogP contribution is 2.26. The molecule has 0 fully saturated rings. The second kappa shape index (κ2) is 5.23. The lowest BCUT2D eigenvalue weighted by Crippen LogP contribution is -1.94. The van der Waals surface area contributed by atoms with Gasteiger partial charge in [-0.1, -0.05) is 22.9 Å². The summed E-state index contributed by atoms with van der Waals surface area (Å²) in [7, 11) is 0. The van der Waals surface area contributed by atoms with Gasteiger partial charge in [0.05, 0.1) is 0 Å². The van der Waals surface area contributed by atoms with Gasteiger partial charge in [-0.25, -0.2) is 14.4 Å². The summed E-state index contributed by atoms with van der Waals surface area (Å²) in [6.07, 6.45) is 2.18. The molecule has 2 aromatic rings. The van der Waals surface area contributed by atoms with E-state index in [1.807, 2.05) is 6.92 Å². The third kappa shape index (κ3) is 3.00. The van der Waals surface area contributed by atoms with Crippen molar-refractivity contribution < 1.29 is 9.13 Å². The lowest BCUT2D eigenvalue weighted by atomic mass is 10.3. The van der Waals surface area contributed by atoms with Gasteiger partial charge in [-0.2, -0.15) is 0 Å². The molecular formula is C12H10BrFN2O. The van der Waals surface area contributed by atoms with E-state index in [-0.39, 0.29) is 5.75 Å². The summed E-state index contributed by atoms with van der Waals surface area (Å²) in [5.41, 5.74) is 0.852. The Kier molecular flexibility index (Phi) is 3.68. The van der Waals surface area contributed by atoms with Crippen LogP contribution in [0.2, 0.25) is 0 Å². The Morgan fingerprint density at radius 2 is 2.12 bits per heavy atom. The highest BCUT2D eigenvalue weighted by atomic mass is 79.9. The molecule has 0 bridgehead atoms. The minimum Gasteiger partial charge on any atom is -0.436 e. The number of benzene rings is 1. The van der Waals surface area contributed by atoms with Crippen LogP contribution in [0, 0.1) is 5.82 Å². The summed E-state index contributed by atoms with van der Waals surface area (Å²) in [6.45, 7) is 1.98. The molecule has 1 aromatic carbocycles. The van der Waals surface area contributed by atoms with Crippen molar-refractivity contribution in [3.05, 3.63) is 46.6 Å². The third-order valence-electron chi connectivity index (χ3n) is 2.17. The zero-order valence-corrected chi connectivity index (χ0v) is 10.7. The van der Waals surface area contributed by atoms with Gasteiger partial charge in [-0.15, -0.1) is 0 Å². The van der Waals surface area contributed by atoms with Crippen LogP contribution in [-0.4, -0.2) is 9.97 Å². The van der Waals surface area contributed by atoms with Crippen LogP contribution >= 0.6 is 15.9 Å². The van der Waals surface area contributed by atoms with Crippen LogP contribution in [0.25, 0.3) is 0 Å². The molecule has 2 rings (SSSR count). The van der Waals surface area contributed by atoms with Gasteiger partial charge >= 0.3 is 0 Å². The van der Waals surface area contributed by atoms with E-state index in [1.165, 1.54) is 12.4 Å². The van der Waals surface area contributed by atoms with Crippen LogP contribution in [-0.2, 0) is 6.42 Å². The Hall–Kier alpha value is -1.49. The molecule has 0 N–H and O–H groups in total. The van der Waals surface area contributed by atoms with Gasteiger partial charge in [0.15, 0.2) is 11.6 Å². The SMILES string of the molecule is CCc1cc(Oc2cc(Br)ccc2F)ncn1. The fourth-order valence-corrected chi connectivity index (χ4v) is 1.63. The first-order chi connectivity index (χ1) is 8.19. The molecule has 17 heavy (non-hydrogen) atoms. The molecule has 0 saturated heterocycles. The molecule has 0 saturated carbocycles. The van der Waals surface area contributed by atoms with E-state index in [9.17, 15) is 4.39 Å². The average molecular weight is 297 g/mol. The van der Waals surface area contributed by atoms with Crippen LogP contribution in [0.5, 0.6) is 11.6 Å². The Morgan fingerprint density at radius 3 is 2.88 bits per heavy atom. The molecule has 0 atom stereocenters. The van der Waals surface area contributed by atoms with E-state index in [0.717, 1.165) is 16.6 Å². The van der Waals surface area contributed by atoms with Gasteiger partial charge in [0.2, 0.25) is 5.88 Å². The van der Waals surface area contributed by atoms with E-state index < -0.39 is 5.82 Å². The smallest absolute Gasteiger partial charge is 0.222 e. The molecule has 88 valence electrons. The van der Waals surface area contributed by atoms with Crippen molar-refractivity contribution in [1.82, 2.24) is 9.97 Å². The van der Waals surface area contributed by atoms with Crippen LogP contribution in [0.15, 0.2) is 35.1 Å². The molecule has 3 nitrogen and oxygen atoms in total. The normalized spacial score (nSPS) is 10.3. The molecule has 5 heteroatoms. The van der Waals surface area contributed by atoms with Crippen LogP contribution in [0.4, 0.5) is 4.39 Å². The van der Waals surface area contributed by atoms with Crippen molar-refractivity contribution in [2.45, 2.75) is 13.3 Å².